The molecule has 2 atom stereocenters. The fraction of sp³-hybridized carbons (Fsp3) is 0.0833. The van der Waals surface area contributed by atoms with Crippen molar-refractivity contribution in [3.8, 4) is 0 Å². The minimum Gasteiger partial charge on any atom is -0.282 e. The molecule has 0 aromatic heterocycles. The first kappa shape index (κ1) is 15.0. The van der Waals surface area contributed by atoms with E-state index in [9.17, 15) is 0 Å². The van der Waals surface area contributed by atoms with Gasteiger partial charge in [-0.1, -0.05) is 72.8 Å². The molecule has 2 nitrogen and oxygen atoms in total. The summed E-state index contributed by atoms with van der Waals surface area (Å²) in [5.41, 5.74) is 7.44. The molecule has 2 aromatic rings. The molecule has 0 saturated heterocycles. The molecule has 2 aliphatic heterocycles. The number of dihydropyridines is 2. The Kier molecular flexibility index (Phi) is 3.60. The normalized spacial score (nSPS) is 23.2. The van der Waals surface area contributed by atoms with Gasteiger partial charge in [0.25, 0.3) is 0 Å². The van der Waals surface area contributed by atoms with Gasteiger partial charge in [-0.25, -0.2) is 0 Å². The van der Waals surface area contributed by atoms with E-state index in [-0.39, 0.29) is 12.1 Å². The van der Waals surface area contributed by atoms with Crippen molar-refractivity contribution in [2.75, 3.05) is 0 Å². The van der Waals surface area contributed by atoms with E-state index in [2.05, 4.69) is 72.8 Å². The zero-order valence-electron chi connectivity index (χ0n) is 14.3. The standard InChI is InChI=1S/C24H18N2/c1-3-7-17(8-4-1)19-13-15-25-23-21(19)11-12-22-20(14-16-26-24(22)23)18-9-5-2-6-10-18/h1-16,23-24H. The third-order valence-electron chi connectivity index (χ3n) is 5.15. The van der Waals surface area contributed by atoms with Gasteiger partial charge in [0.15, 0.2) is 0 Å². The number of hydrogen-bond donors (Lipinski definition) is 0. The molecule has 0 N–H and O–H groups in total. The molecular weight excluding hydrogens is 316 g/mol. The Balaban J connectivity index is 1.59. The van der Waals surface area contributed by atoms with Crippen molar-refractivity contribution in [3.63, 3.8) is 0 Å². The molecule has 0 amide bonds. The summed E-state index contributed by atoms with van der Waals surface area (Å²) in [5, 5.41) is 0. The lowest BCUT2D eigenvalue weighted by Crippen LogP contribution is -2.33. The minimum atomic E-state index is 0.0406. The van der Waals surface area contributed by atoms with Crippen LogP contribution in [-0.2, 0) is 0 Å². The second-order valence-corrected chi connectivity index (χ2v) is 6.62. The molecule has 1 aliphatic carbocycles. The van der Waals surface area contributed by atoms with Crippen LogP contribution in [0.4, 0.5) is 0 Å². The number of hydrogen-bond acceptors (Lipinski definition) is 2. The van der Waals surface area contributed by atoms with Gasteiger partial charge in [-0.3, -0.25) is 9.98 Å². The molecule has 2 unspecified atom stereocenters. The van der Waals surface area contributed by atoms with Gasteiger partial charge in [0.05, 0.1) is 0 Å². The fourth-order valence-electron chi connectivity index (χ4n) is 3.91. The van der Waals surface area contributed by atoms with Gasteiger partial charge >= 0.3 is 0 Å². The van der Waals surface area contributed by atoms with Crippen molar-refractivity contribution in [2.24, 2.45) is 9.98 Å². The van der Waals surface area contributed by atoms with Crippen molar-refractivity contribution in [2.45, 2.75) is 12.1 Å². The number of allylic oxidation sites excluding steroid dienone is 4. The van der Waals surface area contributed by atoms with Gasteiger partial charge in [-0.05, 0) is 45.6 Å². The molecule has 2 aromatic carbocycles. The van der Waals surface area contributed by atoms with Crippen LogP contribution in [0, 0.1) is 0 Å². The van der Waals surface area contributed by atoms with Crippen molar-refractivity contribution in [3.05, 3.63) is 107 Å². The van der Waals surface area contributed by atoms with Crippen LogP contribution in [0.5, 0.6) is 0 Å². The van der Waals surface area contributed by atoms with Crippen LogP contribution in [-0.4, -0.2) is 24.5 Å². The lowest BCUT2D eigenvalue weighted by Gasteiger charge is -2.34. The van der Waals surface area contributed by atoms with E-state index < -0.39 is 0 Å². The van der Waals surface area contributed by atoms with Gasteiger partial charge in [0.2, 0.25) is 0 Å². The average molecular weight is 334 g/mol. The van der Waals surface area contributed by atoms with Crippen LogP contribution in [0.3, 0.4) is 0 Å². The molecule has 0 radical (unpaired) electrons. The first-order valence-electron chi connectivity index (χ1n) is 8.92. The van der Waals surface area contributed by atoms with Gasteiger partial charge in [-0.15, -0.1) is 0 Å². The number of rotatable bonds is 2. The zero-order chi connectivity index (χ0) is 17.3. The van der Waals surface area contributed by atoms with Crippen LogP contribution in [0.25, 0.3) is 11.1 Å². The first-order valence-corrected chi connectivity index (χ1v) is 8.92. The molecule has 0 saturated carbocycles. The van der Waals surface area contributed by atoms with E-state index >= 15 is 0 Å². The topological polar surface area (TPSA) is 24.7 Å². The van der Waals surface area contributed by atoms with Gasteiger partial charge in [0.1, 0.15) is 12.1 Å². The SMILES string of the molecule is C1=NC2C(=CC=C3C(c4ccccc4)=CC=NC32)C(c2ccccc2)=C1. The third kappa shape index (κ3) is 2.42. The number of fused-ring (bicyclic) bond motifs is 3. The highest BCUT2D eigenvalue weighted by Gasteiger charge is 2.35. The van der Waals surface area contributed by atoms with Crippen molar-refractivity contribution in [1.29, 1.82) is 0 Å². The highest BCUT2D eigenvalue weighted by atomic mass is 14.9. The molecule has 0 bridgehead atoms. The van der Waals surface area contributed by atoms with E-state index in [1.54, 1.807) is 0 Å². The first-order chi connectivity index (χ1) is 12.9. The van der Waals surface area contributed by atoms with E-state index in [1.165, 1.54) is 33.4 Å². The van der Waals surface area contributed by atoms with Crippen molar-refractivity contribution in [1.82, 2.24) is 0 Å². The van der Waals surface area contributed by atoms with E-state index in [0.717, 1.165) is 0 Å². The maximum Gasteiger partial charge on any atom is 0.102 e. The highest BCUT2D eigenvalue weighted by molar-refractivity contribution is 5.99. The number of benzene rings is 2. The summed E-state index contributed by atoms with van der Waals surface area (Å²) in [6.45, 7) is 0. The molecule has 2 heteroatoms. The van der Waals surface area contributed by atoms with Crippen LogP contribution >= 0.6 is 0 Å². The zero-order valence-corrected chi connectivity index (χ0v) is 14.3. The predicted molar refractivity (Wildman–Crippen MR) is 110 cm³/mol. The van der Waals surface area contributed by atoms with Crippen molar-refractivity contribution >= 4 is 23.6 Å². The molecular formula is C24H18N2. The quantitative estimate of drug-likeness (QED) is 0.744. The maximum atomic E-state index is 4.79. The summed E-state index contributed by atoms with van der Waals surface area (Å²) in [7, 11) is 0. The molecule has 0 fully saturated rings. The Morgan fingerprint density at radius 2 is 0.923 bits per heavy atom. The van der Waals surface area contributed by atoms with Gasteiger partial charge < -0.3 is 0 Å². The largest absolute Gasteiger partial charge is 0.282 e. The fourth-order valence-corrected chi connectivity index (χ4v) is 3.91. The summed E-state index contributed by atoms with van der Waals surface area (Å²) in [6.07, 6.45) is 12.5. The predicted octanol–water partition coefficient (Wildman–Crippen LogP) is 4.93. The van der Waals surface area contributed by atoms with Crippen LogP contribution < -0.4 is 0 Å². The number of nitrogens with zero attached hydrogens (tertiary/aromatic N) is 2. The number of aliphatic imine (C=N–C) groups is 2. The molecule has 124 valence electrons. The van der Waals surface area contributed by atoms with Gasteiger partial charge in [0, 0.05) is 12.4 Å². The molecule has 26 heavy (non-hydrogen) atoms. The Bertz CT molecular complexity index is 933. The maximum absolute atomic E-state index is 4.79. The smallest absolute Gasteiger partial charge is 0.102 e. The van der Waals surface area contributed by atoms with Crippen LogP contribution in [0.15, 0.2) is 106 Å². The van der Waals surface area contributed by atoms with E-state index in [1.807, 2.05) is 24.6 Å². The molecule has 5 rings (SSSR count). The molecule has 2 heterocycles. The Labute approximate surface area is 153 Å². The van der Waals surface area contributed by atoms with E-state index in [4.69, 9.17) is 9.98 Å². The Morgan fingerprint density at radius 1 is 0.500 bits per heavy atom. The Morgan fingerprint density at radius 3 is 1.35 bits per heavy atom. The highest BCUT2D eigenvalue weighted by Crippen LogP contribution is 2.41. The summed E-state index contributed by atoms with van der Waals surface area (Å²) >= 11 is 0. The van der Waals surface area contributed by atoms with Crippen LogP contribution in [0.2, 0.25) is 0 Å². The van der Waals surface area contributed by atoms with Crippen LogP contribution in [0.1, 0.15) is 11.1 Å². The summed E-state index contributed by atoms with van der Waals surface area (Å²) < 4.78 is 0. The summed E-state index contributed by atoms with van der Waals surface area (Å²) in [4.78, 5) is 9.58. The minimum absolute atomic E-state index is 0.0406. The Hall–Kier alpha value is -3.26. The van der Waals surface area contributed by atoms with Gasteiger partial charge in [-0.2, -0.15) is 0 Å². The summed E-state index contributed by atoms with van der Waals surface area (Å²) in [6, 6.07) is 21.1. The van der Waals surface area contributed by atoms with E-state index in [0.29, 0.717) is 0 Å². The van der Waals surface area contributed by atoms with Crippen molar-refractivity contribution < 1.29 is 0 Å². The monoisotopic (exact) mass is 334 g/mol. The summed E-state index contributed by atoms with van der Waals surface area (Å²) in [5.74, 6) is 0. The second-order valence-electron chi connectivity index (χ2n) is 6.62. The third-order valence-corrected chi connectivity index (χ3v) is 5.15. The second kappa shape index (κ2) is 6.23. The molecule has 0 spiro atoms. The lowest BCUT2D eigenvalue weighted by molar-refractivity contribution is 0.667. The lowest BCUT2D eigenvalue weighted by atomic mass is 9.77. The molecule has 3 aliphatic rings. The average Bonchev–Trinajstić information content (AvgIpc) is 2.74.